The van der Waals surface area contributed by atoms with Crippen LogP contribution in [-0.4, -0.2) is 48.8 Å². The summed E-state index contributed by atoms with van der Waals surface area (Å²) in [4.78, 5) is 11.7. The molecule has 0 aromatic heterocycles. The van der Waals surface area contributed by atoms with Gasteiger partial charge in [-0.15, -0.1) is 0 Å². The van der Waals surface area contributed by atoms with E-state index in [0.29, 0.717) is 13.1 Å². The summed E-state index contributed by atoms with van der Waals surface area (Å²) < 4.78 is 31.1. The highest BCUT2D eigenvalue weighted by Crippen LogP contribution is 2.32. The van der Waals surface area contributed by atoms with Gasteiger partial charge in [-0.1, -0.05) is 0 Å². The second kappa shape index (κ2) is 5.52. The van der Waals surface area contributed by atoms with Gasteiger partial charge in [0.05, 0.1) is 5.25 Å². The van der Waals surface area contributed by atoms with Crippen LogP contribution in [0.4, 0.5) is 4.79 Å². The quantitative estimate of drug-likeness (QED) is 0.856. The number of amides is 1. The molecule has 6 nitrogen and oxygen atoms in total. The highest BCUT2D eigenvalue weighted by molar-refractivity contribution is 7.90. The summed E-state index contributed by atoms with van der Waals surface area (Å²) in [7, 11) is -3.15. The molecule has 0 aromatic carbocycles. The Kier molecular flexibility index (Phi) is 4.30. The summed E-state index contributed by atoms with van der Waals surface area (Å²) in [6.07, 6.45) is 2.61. The molecule has 0 aromatic rings. The van der Waals surface area contributed by atoms with E-state index in [2.05, 4.69) is 5.32 Å². The van der Waals surface area contributed by atoms with Crippen molar-refractivity contribution in [3.05, 3.63) is 0 Å². The van der Waals surface area contributed by atoms with Crippen LogP contribution in [0.1, 0.15) is 46.5 Å². The van der Waals surface area contributed by atoms with Crippen LogP contribution in [0.3, 0.4) is 0 Å². The van der Waals surface area contributed by atoms with Crippen molar-refractivity contribution in [2.45, 2.75) is 63.3 Å². The minimum atomic E-state index is -3.15. The third-order valence-corrected chi connectivity index (χ3v) is 5.78. The van der Waals surface area contributed by atoms with Gasteiger partial charge in [-0.2, -0.15) is 4.31 Å². The lowest BCUT2D eigenvalue weighted by molar-refractivity contribution is 0.0487. The van der Waals surface area contributed by atoms with E-state index >= 15 is 0 Å². The predicted molar refractivity (Wildman–Crippen MR) is 75.9 cm³/mol. The van der Waals surface area contributed by atoms with E-state index < -0.39 is 21.7 Å². The lowest BCUT2D eigenvalue weighted by Crippen LogP contribution is -2.51. The molecule has 2 rings (SSSR count). The first-order valence-electron chi connectivity index (χ1n) is 7.17. The van der Waals surface area contributed by atoms with E-state index in [1.165, 1.54) is 4.31 Å². The number of rotatable bonds is 3. The van der Waals surface area contributed by atoms with Crippen molar-refractivity contribution in [1.29, 1.82) is 0 Å². The summed E-state index contributed by atoms with van der Waals surface area (Å²) >= 11 is 0. The van der Waals surface area contributed by atoms with Gasteiger partial charge < -0.3 is 10.1 Å². The molecule has 0 radical (unpaired) electrons. The minimum Gasteiger partial charge on any atom is -0.444 e. The first-order valence-corrected chi connectivity index (χ1v) is 8.67. The third kappa shape index (κ3) is 4.09. The fourth-order valence-corrected chi connectivity index (χ4v) is 4.27. The zero-order chi connectivity index (χ0) is 15.0. The Balaban J connectivity index is 1.89. The molecule has 1 unspecified atom stereocenters. The highest BCUT2D eigenvalue weighted by Gasteiger charge is 2.41. The van der Waals surface area contributed by atoms with Gasteiger partial charge in [-0.25, -0.2) is 13.2 Å². The van der Waals surface area contributed by atoms with Crippen molar-refractivity contribution in [2.75, 3.05) is 13.1 Å². The van der Waals surface area contributed by atoms with Crippen LogP contribution in [0.15, 0.2) is 0 Å². The van der Waals surface area contributed by atoms with Crippen molar-refractivity contribution < 1.29 is 17.9 Å². The van der Waals surface area contributed by atoms with E-state index in [-0.39, 0.29) is 11.3 Å². The number of hydrogen-bond acceptors (Lipinski definition) is 4. The molecule has 1 amide bonds. The van der Waals surface area contributed by atoms with Gasteiger partial charge in [-0.05, 0) is 46.5 Å². The molecule has 0 bridgehead atoms. The standard InChI is InChI=1S/C13H24N2O4S/c1-13(2,3)19-12(16)14-10-5-4-8-15(9-10)20(17,18)11-6-7-11/h10-11H,4-9H2,1-3H3,(H,14,16). The van der Waals surface area contributed by atoms with E-state index in [1.54, 1.807) is 20.8 Å². The number of nitrogens with zero attached hydrogens (tertiary/aromatic N) is 1. The van der Waals surface area contributed by atoms with E-state index in [0.717, 1.165) is 25.7 Å². The summed E-state index contributed by atoms with van der Waals surface area (Å²) in [5.74, 6) is 0. The van der Waals surface area contributed by atoms with Gasteiger partial charge in [-0.3, -0.25) is 0 Å². The lowest BCUT2D eigenvalue weighted by Gasteiger charge is -2.32. The highest BCUT2D eigenvalue weighted by atomic mass is 32.2. The fourth-order valence-electron chi connectivity index (χ4n) is 2.34. The van der Waals surface area contributed by atoms with Gasteiger partial charge in [0.2, 0.25) is 10.0 Å². The summed E-state index contributed by atoms with van der Waals surface area (Å²) in [5.41, 5.74) is -0.543. The van der Waals surface area contributed by atoms with Crippen molar-refractivity contribution in [2.24, 2.45) is 0 Å². The van der Waals surface area contributed by atoms with Crippen LogP contribution in [-0.2, 0) is 14.8 Å². The topological polar surface area (TPSA) is 75.7 Å². The molecule has 116 valence electrons. The first kappa shape index (κ1) is 15.6. The van der Waals surface area contributed by atoms with Crippen molar-refractivity contribution in [1.82, 2.24) is 9.62 Å². The number of sulfonamides is 1. The van der Waals surface area contributed by atoms with E-state index in [4.69, 9.17) is 4.74 Å². The molecule has 1 aliphatic carbocycles. The molecule has 1 saturated carbocycles. The number of carbonyl (C=O) groups is 1. The normalized spacial score (nSPS) is 25.2. The van der Waals surface area contributed by atoms with Crippen LogP contribution < -0.4 is 5.32 Å². The molecular formula is C13H24N2O4S. The zero-order valence-electron chi connectivity index (χ0n) is 12.4. The SMILES string of the molecule is CC(C)(C)OC(=O)NC1CCCN(S(=O)(=O)C2CC2)C1. The maximum Gasteiger partial charge on any atom is 0.407 e. The third-order valence-electron chi connectivity index (χ3n) is 3.41. The van der Waals surface area contributed by atoms with Crippen LogP contribution in [0.25, 0.3) is 0 Å². The molecule has 20 heavy (non-hydrogen) atoms. The smallest absolute Gasteiger partial charge is 0.407 e. The van der Waals surface area contributed by atoms with Crippen molar-refractivity contribution >= 4 is 16.1 Å². The molecule has 2 fully saturated rings. The number of hydrogen-bond donors (Lipinski definition) is 1. The van der Waals surface area contributed by atoms with Crippen LogP contribution >= 0.6 is 0 Å². The van der Waals surface area contributed by atoms with Gasteiger partial charge in [0.25, 0.3) is 0 Å². The predicted octanol–water partition coefficient (Wildman–Crippen LogP) is 1.47. The summed E-state index contributed by atoms with van der Waals surface area (Å²) in [5, 5.41) is 2.58. The Labute approximate surface area is 120 Å². The molecule has 7 heteroatoms. The number of alkyl carbamates (subject to hydrolysis) is 1. The van der Waals surface area contributed by atoms with Crippen molar-refractivity contribution in [3.8, 4) is 0 Å². The first-order chi connectivity index (χ1) is 9.18. The monoisotopic (exact) mass is 304 g/mol. The average molecular weight is 304 g/mol. The van der Waals surface area contributed by atoms with Crippen LogP contribution in [0.2, 0.25) is 0 Å². The largest absolute Gasteiger partial charge is 0.444 e. The van der Waals surface area contributed by atoms with Gasteiger partial charge >= 0.3 is 6.09 Å². The van der Waals surface area contributed by atoms with Crippen molar-refractivity contribution in [3.63, 3.8) is 0 Å². The maximum absolute atomic E-state index is 12.2. The molecule has 2 aliphatic rings. The molecule has 1 atom stereocenters. The molecule has 0 spiro atoms. The minimum absolute atomic E-state index is 0.160. The zero-order valence-corrected chi connectivity index (χ0v) is 13.2. The second-order valence-electron chi connectivity index (χ2n) is 6.59. The lowest BCUT2D eigenvalue weighted by atomic mass is 10.1. The number of carbonyl (C=O) groups excluding carboxylic acids is 1. The molecule has 1 aliphatic heterocycles. The molecular weight excluding hydrogens is 280 g/mol. The van der Waals surface area contributed by atoms with Crippen LogP contribution in [0.5, 0.6) is 0 Å². The van der Waals surface area contributed by atoms with Gasteiger partial charge in [0, 0.05) is 19.1 Å². The Bertz CT molecular complexity index is 465. The van der Waals surface area contributed by atoms with E-state index in [9.17, 15) is 13.2 Å². The van der Waals surface area contributed by atoms with Crippen LogP contribution in [0, 0.1) is 0 Å². The number of nitrogens with one attached hydrogen (secondary N) is 1. The molecule has 1 heterocycles. The molecule has 1 saturated heterocycles. The molecule has 1 N–H and O–H groups in total. The number of ether oxygens (including phenoxy) is 1. The number of piperidine rings is 1. The van der Waals surface area contributed by atoms with Gasteiger partial charge in [0.15, 0.2) is 0 Å². The van der Waals surface area contributed by atoms with Gasteiger partial charge in [0.1, 0.15) is 5.60 Å². The Morgan fingerprint density at radius 1 is 1.25 bits per heavy atom. The summed E-state index contributed by atoms with van der Waals surface area (Å²) in [6, 6.07) is -0.160. The Hall–Kier alpha value is -0.820. The Morgan fingerprint density at radius 2 is 1.90 bits per heavy atom. The summed E-state index contributed by atoms with van der Waals surface area (Å²) in [6.45, 7) is 6.33. The average Bonchev–Trinajstić information content (AvgIpc) is 3.10. The second-order valence-corrected chi connectivity index (χ2v) is 8.80. The fraction of sp³-hybridized carbons (Fsp3) is 0.923. The Morgan fingerprint density at radius 3 is 2.45 bits per heavy atom. The maximum atomic E-state index is 12.2. The van der Waals surface area contributed by atoms with E-state index in [1.807, 2.05) is 0 Å².